The summed E-state index contributed by atoms with van der Waals surface area (Å²) in [5.41, 5.74) is 3.05. The maximum absolute atomic E-state index is 11.7. The molecule has 0 bridgehead atoms. The lowest BCUT2D eigenvalue weighted by molar-refractivity contribution is 0.0953. The van der Waals surface area contributed by atoms with Crippen molar-refractivity contribution in [2.45, 2.75) is 6.92 Å². The highest BCUT2D eigenvalue weighted by Crippen LogP contribution is 2.22. The molecule has 0 saturated carbocycles. The molecule has 2 N–H and O–H groups in total. The normalized spacial score (nSPS) is 10.0. The molecule has 108 valence electrons. The molecule has 0 atom stereocenters. The van der Waals surface area contributed by atoms with Crippen molar-refractivity contribution >= 4 is 28.9 Å². The van der Waals surface area contributed by atoms with E-state index in [-0.39, 0.29) is 5.91 Å². The Hall–Kier alpha value is -2.33. The van der Waals surface area contributed by atoms with Crippen molar-refractivity contribution in [3.8, 4) is 0 Å². The van der Waals surface area contributed by atoms with Crippen molar-refractivity contribution < 1.29 is 4.79 Å². The first-order chi connectivity index (χ1) is 10.1. The smallest absolute Gasteiger partial charge is 0.270 e. The Morgan fingerprint density at radius 3 is 2.71 bits per heavy atom. The first-order valence-corrected chi connectivity index (χ1v) is 6.86. The summed E-state index contributed by atoms with van der Waals surface area (Å²) in [7, 11) is 0. The number of nitrogens with zero attached hydrogens (tertiary/aromatic N) is 1. The summed E-state index contributed by atoms with van der Waals surface area (Å²) in [5.74, 6) is -0.222. The van der Waals surface area contributed by atoms with Gasteiger partial charge in [0.05, 0.1) is 11.9 Å². The Kier molecular flexibility index (Phi) is 4.95. The summed E-state index contributed by atoms with van der Waals surface area (Å²) in [5, 5.41) is 6.56. The Bertz CT molecular complexity index is 653. The van der Waals surface area contributed by atoms with Gasteiger partial charge in [-0.15, -0.1) is 6.58 Å². The number of hydrogen-bond donors (Lipinski definition) is 2. The van der Waals surface area contributed by atoms with Crippen LogP contribution >= 0.6 is 11.6 Å². The lowest BCUT2D eigenvalue weighted by atomic mass is 10.2. The van der Waals surface area contributed by atoms with E-state index < -0.39 is 0 Å². The van der Waals surface area contributed by atoms with Crippen molar-refractivity contribution in [1.82, 2.24) is 10.3 Å². The number of carbonyl (C=O) groups is 1. The molecule has 5 heteroatoms. The number of anilines is 2. The fourth-order valence-corrected chi connectivity index (χ4v) is 1.88. The van der Waals surface area contributed by atoms with Crippen LogP contribution in [0.15, 0.2) is 49.2 Å². The molecule has 1 amide bonds. The molecule has 0 spiro atoms. The van der Waals surface area contributed by atoms with Crippen molar-refractivity contribution in [2.24, 2.45) is 0 Å². The molecule has 21 heavy (non-hydrogen) atoms. The van der Waals surface area contributed by atoms with Crippen LogP contribution in [0.2, 0.25) is 5.02 Å². The Morgan fingerprint density at radius 2 is 2.10 bits per heavy atom. The summed E-state index contributed by atoms with van der Waals surface area (Å²) < 4.78 is 0. The number of aryl methyl sites for hydroxylation is 1. The van der Waals surface area contributed by atoms with E-state index in [1.165, 1.54) is 0 Å². The maximum Gasteiger partial charge on any atom is 0.270 e. The Balaban J connectivity index is 2.06. The van der Waals surface area contributed by atoms with E-state index in [4.69, 9.17) is 11.6 Å². The molecular formula is C16H16ClN3O. The fraction of sp³-hybridized carbons (Fsp3) is 0.125. The lowest BCUT2D eigenvalue weighted by Crippen LogP contribution is -2.24. The van der Waals surface area contributed by atoms with Gasteiger partial charge >= 0.3 is 0 Å². The number of benzene rings is 1. The predicted octanol–water partition coefficient (Wildman–Crippen LogP) is 3.70. The molecule has 0 saturated heterocycles. The Morgan fingerprint density at radius 1 is 1.33 bits per heavy atom. The molecule has 0 fully saturated rings. The van der Waals surface area contributed by atoms with Gasteiger partial charge < -0.3 is 10.6 Å². The van der Waals surface area contributed by atoms with E-state index in [0.29, 0.717) is 17.3 Å². The van der Waals surface area contributed by atoms with Crippen molar-refractivity contribution in [2.75, 3.05) is 11.9 Å². The van der Waals surface area contributed by atoms with Crippen molar-refractivity contribution in [1.29, 1.82) is 0 Å². The third kappa shape index (κ3) is 4.07. The van der Waals surface area contributed by atoms with E-state index in [1.54, 1.807) is 24.4 Å². The van der Waals surface area contributed by atoms with E-state index in [1.807, 2.05) is 25.1 Å². The zero-order valence-electron chi connectivity index (χ0n) is 11.7. The second-order valence-electron chi connectivity index (χ2n) is 4.52. The van der Waals surface area contributed by atoms with E-state index in [9.17, 15) is 4.79 Å². The summed E-state index contributed by atoms with van der Waals surface area (Å²) >= 11 is 6.08. The van der Waals surface area contributed by atoms with Gasteiger partial charge in [0.2, 0.25) is 0 Å². The molecule has 4 nitrogen and oxygen atoms in total. The lowest BCUT2D eigenvalue weighted by Gasteiger charge is -2.08. The van der Waals surface area contributed by atoms with Crippen LogP contribution in [-0.2, 0) is 0 Å². The minimum atomic E-state index is -0.222. The number of carbonyl (C=O) groups excluding carboxylic acids is 1. The van der Waals surface area contributed by atoms with Crippen molar-refractivity contribution in [3.05, 3.63) is 65.5 Å². The first kappa shape index (κ1) is 15.1. The molecule has 1 heterocycles. The minimum Gasteiger partial charge on any atom is -0.354 e. The topological polar surface area (TPSA) is 54.0 Å². The number of hydrogen-bond acceptors (Lipinski definition) is 3. The standard InChI is InChI=1S/C16H16ClN3O/c1-3-8-18-16(21)15-7-6-13(10-19-15)20-12-5-4-11(2)14(17)9-12/h3-7,9-10,20H,1,8H2,2H3,(H,18,21). The van der Waals surface area contributed by atoms with Crippen LogP contribution < -0.4 is 10.6 Å². The first-order valence-electron chi connectivity index (χ1n) is 6.48. The molecule has 2 rings (SSSR count). The molecule has 0 aliphatic heterocycles. The molecule has 1 aromatic carbocycles. The zero-order valence-corrected chi connectivity index (χ0v) is 12.4. The second kappa shape index (κ2) is 6.90. The number of aromatic nitrogens is 1. The average Bonchev–Trinajstić information content (AvgIpc) is 2.49. The highest BCUT2D eigenvalue weighted by Gasteiger charge is 2.05. The van der Waals surface area contributed by atoms with Gasteiger partial charge in [-0.2, -0.15) is 0 Å². The molecule has 2 aromatic rings. The Labute approximate surface area is 128 Å². The maximum atomic E-state index is 11.7. The van der Waals surface area contributed by atoms with Crippen LogP contribution in [0.5, 0.6) is 0 Å². The largest absolute Gasteiger partial charge is 0.354 e. The molecule has 0 unspecified atom stereocenters. The molecule has 0 aliphatic rings. The predicted molar refractivity (Wildman–Crippen MR) is 86.2 cm³/mol. The monoisotopic (exact) mass is 301 g/mol. The third-order valence-corrected chi connectivity index (χ3v) is 3.27. The average molecular weight is 302 g/mol. The number of halogens is 1. The van der Waals surface area contributed by atoms with Crippen LogP contribution in [0.3, 0.4) is 0 Å². The summed E-state index contributed by atoms with van der Waals surface area (Å²) in [6, 6.07) is 9.18. The highest BCUT2D eigenvalue weighted by atomic mass is 35.5. The summed E-state index contributed by atoms with van der Waals surface area (Å²) in [6.07, 6.45) is 3.23. The van der Waals surface area contributed by atoms with Gasteiger partial charge in [0.25, 0.3) is 5.91 Å². The van der Waals surface area contributed by atoms with Gasteiger partial charge in [0, 0.05) is 17.3 Å². The van der Waals surface area contributed by atoms with Gasteiger partial charge in [-0.1, -0.05) is 23.7 Å². The fourth-order valence-electron chi connectivity index (χ4n) is 1.69. The number of pyridine rings is 1. The van der Waals surface area contributed by atoms with Crippen molar-refractivity contribution in [3.63, 3.8) is 0 Å². The molecular weight excluding hydrogens is 286 g/mol. The van der Waals surface area contributed by atoms with Gasteiger partial charge in [-0.25, -0.2) is 4.98 Å². The summed E-state index contributed by atoms with van der Waals surface area (Å²) in [6.45, 7) is 5.91. The number of nitrogens with one attached hydrogen (secondary N) is 2. The van der Waals surface area contributed by atoms with Crippen LogP contribution in [-0.4, -0.2) is 17.4 Å². The van der Waals surface area contributed by atoms with Crippen LogP contribution in [0.1, 0.15) is 16.1 Å². The van der Waals surface area contributed by atoms with Gasteiger partial charge in [-0.3, -0.25) is 4.79 Å². The second-order valence-corrected chi connectivity index (χ2v) is 4.93. The van der Waals surface area contributed by atoms with E-state index in [2.05, 4.69) is 22.2 Å². The highest BCUT2D eigenvalue weighted by molar-refractivity contribution is 6.31. The van der Waals surface area contributed by atoms with E-state index >= 15 is 0 Å². The number of amides is 1. The molecule has 0 aliphatic carbocycles. The minimum absolute atomic E-state index is 0.222. The third-order valence-electron chi connectivity index (χ3n) is 2.86. The van der Waals surface area contributed by atoms with Crippen LogP contribution in [0, 0.1) is 6.92 Å². The van der Waals surface area contributed by atoms with Gasteiger partial charge in [0.15, 0.2) is 0 Å². The van der Waals surface area contributed by atoms with E-state index in [0.717, 1.165) is 16.9 Å². The summed E-state index contributed by atoms with van der Waals surface area (Å²) in [4.78, 5) is 15.8. The quantitative estimate of drug-likeness (QED) is 0.828. The van der Waals surface area contributed by atoms with Crippen LogP contribution in [0.25, 0.3) is 0 Å². The van der Waals surface area contributed by atoms with Crippen LogP contribution in [0.4, 0.5) is 11.4 Å². The molecule has 1 aromatic heterocycles. The zero-order chi connectivity index (χ0) is 15.2. The SMILES string of the molecule is C=CCNC(=O)c1ccc(Nc2ccc(C)c(Cl)c2)cn1. The van der Waals surface area contributed by atoms with Gasteiger partial charge in [0.1, 0.15) is 5.69 Å². The number of rotatable bonds is 5. The molecule has 0 radical (unpaired) electrons. The van der Waals surface area contributed by atoms with Gasteiger partial charge in [-0.05, 0) is 36.8 Å².